The van der Waals surface area contributed by atoms with Crippen molar-refractivity contribution >= 4 is 17.9 Å². The summed E-state index contributed by atoms with van der Waals surface area (Å²) in [4.78, 5) is 38.1. The topological polar surface area (TPSA) is 90.0 Å². The fraction of sp³-hybridized carbons (Fsp3) is 0.769. The van der Waals surface area contributed by atoms with Crippen molar-refractivity contribution in [2.45, 2.75) is 32.2 Å². The highest BCUT2D eigenvalue weighted by Crippen LogP contribution is 2.21. The van der Waals surface area contributed by atoms with Gasteiger partial charge in [0, 0.05) is 32.6 Å². The smallest absolute Gasteiger partial charge is 0.320 e. The number of hydrogen-bond acceptors (Lipinski definition) is 3. The van der Waals surface area contributed by atoms with Gasteiger partial charge in [-0.3, -0.25) is 9.59 Å². The highest BCUT2D eigenvalue weighted by molar-refractivity contribution is 5.88. The van der Waals surface area contributed by atoms with Gasteiger partial charge in [0.2, 0.25) is 5.91 Å². The van der Waals surface area contributed by atoms with Crippen LogP contribution in [-0.2, 0) is 9.59 Å². The molecule has 2 fully saturated rings. The van der Waals surface area contributed by atoms with Gasteiger partial charge in [-0.1, -0.05) is 0 Å². The van der Waals surface area contributed by atoms with Crippen molar-refractivity contribution in [1.82, 2.24) is 15.1 Å². The van der Waals surface area contributed by atoms with Crippen LogP contribution >= 0.6 is 0 Å². The lowest BCUT2D eigenvalue weighted by molar-refractivity contribution is -0.138. The molecule has 7 nitrogen and oxygen atoms in total. The molecule has 2 heterocycles. The van der Waals surface area contributed by atoms with E-state index in [4.69, 9.17) is 5.11 Å². The first-order valence-electron chi connectivity index (χ1n) is 7.04. The summed E-state index contributed by atoms with van der Waals surface area (Å²) in [7, 11) is 0. The van der Waals surface area contributed by atoms with Crippen LogP contribution in [0.3, 0.4) is 0 Å². The highest BCUT2D eigenvalue weighted by Gasteiger charge is 2.34. The molecule has 0 saturated carbocycles. The number of hydrogen-bond donors (Lipinski definition) is 2. The molecule has 0 spiro atoms. The van der Waals surface area contributed by atoms with Crippen LogP contribution < -0.4 is 5.32 Å². The van der Waals surface area contributed by atoms with Crippen LogP contribution in [0.15, 0.2) is 0 Å². The van der Waals surface area contributed by atoms with E-state index in [9.17, 15) is 14.4 Å². The number of amides is 3. The summed E-state index contributed by atoms with van der Waals surface area (Å²) in [5.74, 6) is -0.946. The Morgan fingerprint density at radius 2 is 2.15 bits per heavy atom. The third-order valence-corrected chi connectivity index (χ3v) is 4.00. The second-order valence-electron chi connectivity index (χ2n) is 5.50. The number of carbonyl (C=O) groups is 3. The van der Waals surface area contributed by atoms with Gasteiger partial charge in [0.25, 0.3) is 0 Å². The predicted octanol–water partition coefficient (Wildman–Crippen LogP) is 0.113. The number of piperazine rings is 1. The number of urea groups is 1. The van der Waals surface area contributed by atoms with E-state index >= 15 is 0 Å². The van der Waals surface area contributed by atoms with Crippen molar-refractivity contribution in [3.8, 4) is 0 Å². The van der Waals surface area contributed by atoms with Crippen LogP contribution in [0.1, 0.15) is 26.2 Å². The molecule has 0 aromatic heterocycles. The fourth-order valence-electron chi connectivity index (χ4n) is 2.88. The van der Waals surface area contributed by atoms with Crippen molar-refractivity contribution in [2.24, 2.45) is 5.92 Å². The zero-order valence-corrected chi connectivity index (χ0v) is 11.7. The molecule has 112 valence electrons. The van der Waals surface area contributed by atoms with E-state index in [0.717, 1.165) is 12.8 Å². The van der Waals surface area contributed by atoms with Crippen molar-refractivity contribution in [3.05, 3.63) is 0 Å². The Hall–Kier alpha value is -1.79. The second kappa shape index (κ2) is 6.11. The molecule has 2 aliphatic heterocycles. The van der Waals surface area contributed by atoms with Gasteiger partial charge in [-0.25, -0.2) is 4.79 Å². The van der Waals surface area contributed by atoms with Crippen molar-refractivity contribution in [2.75, 3.05) is 26.2 Å². The molecular weight excluding hydrogens is 262 g/mol. The largest absolute Gasteiger partial charge is 0.481 e. The molecule has 3 amide bonds. The van der Waals surface area contributed by atoms with Crippen molar-refractivity contribution in [3.63, 3.8) is 0 Å². The van der Waals surface area contributed by atoms with E-state index in [1.54, 1.807) is 16.7 Å². The molecule has 0 bridgehead atoms. The van der Waals surface area contributed by atoms with E-state index in [1.807, 2.05) is 0 Å². The summed E-state index contributed by atoms with van der Waals surface area (Å²) in [6.07, 6.45) is 1.75. The average Bonchev–Trinajstić information content (AvgIpc) is 2.41. The SMILES string of the molecule is CC1C(=O)NCCN1C(=O)N1CCCC(CC(=O)O)C1. The molecule has 2 N–H and O–H groups in total. The highest BCUT2D eigenvalue weighted by atomic mass is 16.4. The first-order valence-corrected chi connectivity index (χ1v) is 7.04. The van der Waals surface area contributed by atoms with Crippen LogP contribution in [0.25, 0.3) is 0 Å². The Morgan fingerprint density at radius 3 is 2.85 bits per heavy atom. The molecule has 2 unspecified atom stereocenters. The minimum atomic E-state index is -0.824. The van der Waals surface area contributed by atoms with Crippen molar-refractivity contribution < 1.29 is 19.5 Å². The average molecular weight is 283 g/mol. The molecule has 0 aromatic carbocycles. The third kappa shape index (κ3) is 3.20. The van der Waals surface area contributed by atoms with E-state index in [1.165, 1.54) is 0 Å². The maximum atomic E-state index is 12.5. The van der Waals surface area contributed by atoms with Crippen LogP contribution in [0.2, 0.25) is 0 Å². The van der Waals surface area contributed by atoms with Crippen LogP contribution in [0.5, 0.6) is 0 Å². The Kier molecular flexibility index (Phi) is 4.46. The molecule has 2 saturated heterocycles. The maximum Gasteiger partial charge on any atom is 0.320 e. The molecule has 2 rings (SSSR count). The zero-order valence-electron chi connectivity index (χ0n) is 11.7. The van der Waals surface area contributed by atoms with E-state index < -0.39 is 12.0 Å². The number of aliphatic carboxylic acids is 1. The normalized spacial score (nSPS) is 27.1. The van der Waals surface area contributed by atoms with Crippen LogP contribution in [0.4, 0.5) is 4.79 Å². The van der Waals surface area contributed by atoms with Gasteiger partial charge in [-0.15, -0.1) is 0 Å². The number of nitrogens with zero attached hydrogens (tertiary/aromatic N) is 2. The van der Waals surface area contributed by atoms with Gasteiger partial charge < -0.3 is 20.2 Å². The number of carbonyl (C=O) groups excluding carboxylic acids is 2. The molecule has 2 atom stereocenters. The monoisotopic (exact) mass is 283 g/mol. The van der Waals surface area contributed by atoms with Gasteiger partial charge >= 0.3 is 12.0 Å². The molecular formula is C13H21N3O4. The molecule has 0 aromatic rings. The van der Waals surface area contributed by atoms with Gasteiger partial charge in [0.05, 0.1) is 0 Å². The number of likely N-dealkylation sites (tertiary alicyclic amines) is 1. The molecule has 0 aliphatic carbocycles. The number of carboxylic acid groups (broad SMARTS) is 1. The van der Waals surface area contributed by atoms with E-state index in [-0.39, 0.29) is 24.3 Å². The van der Waals surface area contributed by atoms with Crippen LogP contribution in [-0.4, -0.2) is 65.0 Å². The Labute approximate surface area is 117 Å². The Bertz CT molecular complexity index is 412. The number of carboxylic acids is 1. The number of rotatable bonds is 2. The van der Waals surface area contributed by atoms with E-state index in [2.05, 4.69) is 5.32 Å². The first kappa shape index (κ1) is 14.6. The summed E-state index contributed by atoms with van der Waals surface area (Å²) in [5.41, 5.74) is 0. The lowest BCUT2D eigenvalue weighted by Crippen LogP contribution is -2.59. The van der Waals surface area contributed by atoms with Crippen molar-refractivity contribution in [1.29, 1.82) is 0 Å². The summed E-state index contributed by atoms with van der Waals surface area (Å²) in [5, 5.41) is 11.6. The maximum absolute atomic E-state index is 12.5. The molecule has 7 heteroatoms. The summed E-state index contributed by atoms with van der Waals surface area (Å²) in [6.45, 7) is 3.80. The second-order valence-corrected chi connectivity index (χ2v) is 5.50. The molecule has 0 radical (unpaired) electrons. The van der Waals surface area contributed by atoms with Gasteiger partial charge in [-0.05, 0) is 25.7 Å². The zero-order chi connectivity index (χ0) is 14.7. The summed E-state index contributed by atoms with van der Waals surface area (Å²) >= 11 is 0. The predicted molar refractivity (Wildman–Crippen MR) is 71.1 cm³/mol. The Balaban J connectivity index is 1.97. The summed E-state index contributed by atoms with van der Waals surface area (Å²) in [6, 6.07) is -0.612. The first-order chi connectivity index (χ1) is 9.49. The summed E-state index contributed by atoms with van der Waals surface area (Å²) < 4.78 is 0. The van der Waals surface area contributed by atoms with Gasteiger partial charge in [-0.2, -0.15) is 0 Å². The van der Waals surface area contributed by atoms with E-state index in [0.29, 0.717) is 26.2 Å². The minimum absolute atomic E-state index is 0.0131. The number of nitrogens with one attached hydrogen (secondary N) is 1. The lowest BCUT2D eigenvalue weighted by Gasteiger charge is -2.39. The van der Waals surface area contributed by atoms with Gasteiger partial charge in [0.1, 0.15) is 6.04 Å². The standard InChI is InChI=1S/C13H21N3O4/c1-9-12(19)14-4-6-16(9)13(20)15-5-2-3-10(8-15)7-11(17)18/h9-10H,2-8H2,1H3,(H,14,19)(H,17,18). The fourth-order valence-corrected chi connectivity index (χ4v) is 2.88. The third-order valence-electron chi connectivity index (χ3n) is 4.00. The lowest BCUT2D eigenvalue weighted by atomic mass is 9.95. The quantitative estimate of drug-likeness (QED) is 0.753. The minimum Gasteiger partial charge on any atom is -0.481 e. The molecule has 2 aliphatic rings. The Morgan fingerprint density at radius 1 is 1.40 bits per heavy atom. The number of piperidine rings is 1. The van der Waals surface area contributed by atoms with Gasteiger partial charge in [0.15, 0.2) is 0 Å². The van der Waals surface area contributed by atoms with Crippen LogP contribution in [0, 0.1) is 5.92 Å². The molecule has 20 heavy (non-hydrogen) atoms.